The molecule has 0 aliphatic carbocycles. The zero-order valence-electron chi connectivity index (χ0n) is 9.38. The molecule has 1 N–H and O–H groups in total. The molecular formula is C11H22N2O. The molecule has 1 fully saturated rings. The number of nitrogens with zero attached hydrogens (tertiary/aromatic N) is 1. The average Bonchev–Trinajstić information content (AvgIpc) is 2.26. The van der Waals surface area contributed by atoms with E-state index in [4.69, 9.17) is 0 Å². The van der Waals surface area contributed by atoms with Crippen LogP contribution in [0.3, 0.4) is 0 Å². The smallest absolute Gasteiger partial charge is 0.222 e. The van der Waals surface area contributed by atoms with E-state index in [1.54, 1.807) is 4.90 Å². The van der Waals surface area contributed by atoms with Crippen LogP contribution < -0.4 is 5.32 Å². The van der Waals surface area contributed by atoms with Crippen LogP contribution in [0.15, 0.2) is 0 Å². The Morgan fingerprint density at radius 3 is 2.64 bits per heavy atom. The first-order valence-corrected chi connectivity index (χ1v) is 5.68. The highest BCUT2D eigenvalue weighted by molar-refractivity contribution is 5.75. The van der Waals surface area contributed by atoms with E-state index in [0.29, 0.717) is 5.91 Å². The summed E-state index contributed by atoms with van der Waals surface area (Å²) in [5, 5.41) is 3.34. The van der Waals surface area contributed by atoms with Gasteiger partial charge in [0.15, 0.2) is 0 Å². The fourth-order valence-corrected chi connectivity index (χ4v) is 1.87. The standard InChI is InChI=1S/C11H22N2O/c1-3-13(2)11(14)5-4-10-6-8-12-9-7-10/h10,12H,3-9H2,1-2H3. The van der Waals surface area contributed by atoms with Crippen molar-refractivity contribution in [2.24, 2.45) is 5.92 Å². The summed E-state index contributed by atoms with van der Waals surface area (Å²) < 4.78 is 0. The van der Waals surface area contributed by atoms with Gasteiger partial charge in [0.25, 0.3) is 0 Å². The molecule has 1 aliphatic rings. The quantitative estimate of drug-likeness (QED) is 0.737. The first kappa shape index (κ1) is 11.5. The predicted octanol–water partition coefficient (Wildman–Crippen LogP) is 1.24. The fraction of sp³-hybridized carbons (Fsp3) is 0.909. The van der Waals surface area contributed by atoms with Crippen molar-refractivity contribution in [1.29, 1.82) is 0 Å². The molecule has 0 aromatic carbocycles. The third kappa shape index (κ3) is 3.66. The largest absolute Gasteiger partial charge is 0.346 e. The van der Waals surface area contributed by atoms with E-state index in [9.17, 15) is 4.79 Å². The van der Waals surface area contributed by atoms with Crippen molar-refractivity contribution >= 4 is 5.91 Å². The maximum Gasteiger partial charge on any atom is 0.222 e. The molecule has 14 heavy (non-hydrogen) atoms. The van der Waals surface area contributed by atoms with Gasteiger partial charge in [0.2, 0.25) is 5.91 Å². The molecule has 0 spiro atoms. The summed E-state index contributed by atoms with van der Waals surface area (Å²) in [5.74, 6) is 1.07. The number of hydrogen-bond acceptors (Lipinski definition) is 2. The van der Waals surface area contributed by atoms with Crippen molar-refractivity contribution in [1.82, 2.24) is 10.2 Å². The molecule has 3 nitrogen and oxygen atoms in total. The van der Waals surface area contributed by atoms with Crippen LogP contribution in [-0.2, 0) is 4.79 Å². The van der Waals surface area contributed by atoms with Gasteiger partial charge >= 0.3 is 0 Å². The van der Waals surface area contributed by atoms with E-state index in [0.717, 1.165) is 38.4 Å². The minimum Gasteiger partial charge on any atom is -0.346 e. The number of carbonyl (C=O) groups is 1. The summed E-state index contributed by atoms with van der Waals surface area (Å²) in [6.45, 7) is 5.10. The van der Waals surface area contributed by atoms with Gasteiger partial charge in [-0.25, -0.2) is 0 Å². The Bertz CT molecular complexity index is 176. The van der Waals surface area contributed by atoms with Gasteiger partial charge in [0, 0.05) is 20.0 Å². The summed E-state index contributed by atoms with van der Waals surface area (Å²) in [4.78, 5) is 13.3. The number of amides is 1. The molecule has 0 saturated carbocycles. The Kier molecular flexibility index (Phi) is 4.94. The first-order chi connectivity index (χ1) is 6.74. The van der Waals surface area contributed by atoms with Gasteiger partial charge in [-0.05, 0) is 45.2 Å². The van der Waals surface area contributed by atoms with E-state index in [1.165, 1.54) is 12.8 Å². The topological polar surface area (TPSA) is 32.3 Å². The minimum atomic E-state index is 0.297. The molecule has 0 aromatic heterocycles. The van der Waals surface area contributed by atoms with Crippen LogP contribution >= 0.6 is 0 Å². The van der Waals surface area contributed by atoms with E-state index in [2.05, 4.69) is 5.32 Å². The summed E-state index contributed by atoms with van der Waals surface area (Å²) in [5.41, 5.74) is 0. The monoisotopic (exact) mass is 198 g/mol. The molecule has 0 atom stereocenters. The Morgan fingerprint density at radius 2 is 2.07 bits per heavy atom. The molecule has 3 heteroatoms. The minimum absolute atomic E-state index is 0.297. The van der Waals surface area contributed by atoms with E-state index < -0.39 is 0 Å². The van der Waals surface area contributed by atoms with Crippen LogP contribution in [0.4, 0.5) is 0 Å². The first-order valence-electron chi connectivity index (χ1n) is 5.68. The Balaban J connectivity index is 2.15. The second kappa shape index (κ2) is 6.02. The Morgan fingerprint density at radius 1 is 1.43 bits per heavy atom. The number of carbonyl (C=O) groups excluding carboxylic acids is 1. The van der Waals surface area contributed by atoms with Gasteiger partial charge < -0.3 is 10.2 Å². The number of hydrogen-bond donors (Lipinski definition) is 1. The zero-order valence-corrected chi connectivity index (χ0v) is 9.38. The Labute approximate surface area is 86.9 Å². The lowest BCUT2D eigenvalue weighted by Crippen LogP contribution is -2.30. The molecule has 1 saturated heterocycles. The van der Waals surface area contributed by atoms with Crippen molar-refractivity contribution in [2.75, 3.05) is 26.7 Å². The molecule has 0 bridgehead atoms. The molecule has 0 aromatic rings. The van der Waals surface area contributed by atoms with Crippen molar-refractivity contribution in [2.45, 2.75) is 32.6 Å². The Hall–Kier alpha value is -0.570. The third-order valence-electron chi connectivity index (χ3n) is 3.13. The summed E-state index contributed by atoms with van der Waals surface area (Å²) in [6, 6.07) is 0. The van der Waals surface area contributed by atoms with Gasteiger partial charge in [-0.2, -0.15) is 0 Å². The normalized spacial score (nSPS) is 18.1. The lowest BCUT2D eigenvalue weighted by Gasteiger charge is -2.23. The maximum absolute atomic E-state index is 11.5. The van der Waals surface area contributed by atoms with Crippen LogP contribution in [0.25, 0.3) is 0 Å². The molecule has 0 unspecified atom stereocenters. The summed E-state index contributed by atoms with van der Waals surface area (Å²) in [6.07, 6.45) is 4.28. The molecule has 1 heterocycles. The number of rotatable bonds is 4. The summed E-state index contributed by atoms with van der Waals surface area (Å²) >= 11 is 0. The molecule has 1 amide bonds. The van der Waals surface area contributed by atoms with Crippen molar-refractivity contribution in [3.05, 3.63) is 0 Å². The van der Waals surface area contributed by atoms with E-state index in [-0.39, 0.29) is 0 Å². The maximum atomic E-state index is 11.5. The van der Waals surface area contributed by atoms with E-state index in [1.807, 2.05) is 14.0 Å². The van der Waals surface area contributed by atoms with Gasteiger partial charge in [0.1, 0.15) is 0 Å². The molecule has 1 rings (SSSR count). The van der Waals surface area contributed by atoms with E-state index >= 15 is 0 Å². The van der Waals surface area contributed by atoms with Crippen LogP contribution in [0.1, 0.15) is 32.6 Å². The molecule has 1 aliphatic heterocycles. The van der Waals surface area contributed by atoms with Crippen molar-refractivity contribution in [3.63, 3.8) is 0 Å². The number of nitrogens with one attached hydrogen (secondary N) is 1. The third-order valence-corrected chi connectivity index (χ3v) is 3.13. The highest BCUT2D eigenvalue weighted by Gasteiger charge is 2.15. The van der Waals surface area contributed by atoms with Crippen molar-refractivity contribution in [3.8, 4) is 0 Å². The second-order valence-corrected chi connectivity index (χ2v) is 4.14. The SMILES string of the molecule is CCN(C)C(=O)CCC1CCNCC1. The van der Waals surface area contributed by atoms with Gasteiger partial charge in [-0.15, -0.1) is 0 Å². The fourth-order valence-electron chi connectivity index (χ4n) is 1.87. The van der Waals surface area contributed by atoms with Crippen molar-refractivity contribution < 1.29 is 4.79 Å². The van der Waals surface area contributed by atoms with Crippen LogP contribution in [-0.4, -0.2) is 37.5 Å². The molecule has 82 valence electrons. The van der Waals surface area contributed by atoms with Gasteiger partial charge in [0.05, 0.1) is 0 Å². The lowest BCUT2D eigenvalue weighted by atomic mass is 9.93. The van der Waals surface area contributed by atoms with Crippen LogP contribution in [0.2, 0.25) is 0 Å². The van der Waals surface area contributed by atoms with Gasteiger partial charge in [-0.3, -0.25) is 4.79 Å². The average molecular weight is 198 g/mol. The van der Waals surface area contributed by atoms with Crippen LogP contribution in [0.5, 0.6) is 0 Å². The van der Waals surface area contributed by atoms with Crippen LogP contribution in [0, 0.1) is 5.92 Å². The number of piperidine rings is 1. The lowest BCUT2D eigenvalue weighted by molar-refractivity contribution is -0.130. The summed E-state index contributed by atoms with van der Waals surface area (Å²) in [7, 11) is 1.88. The predicted molar refractivity (Wildman–Crippen MR) is 58.1 cm³/mol. The molecular weight excluding hydrogens is 176 g/mol. The zero-order chi connectivity index (χ0) is 10.4. The molecule has 0 radical (unpaired) electrons. The van der Waals surface area contributed by atoms with Gasteiger partial charge in [-0.1, -0.05) is 0 Å². The highest BCUT2D eigenvalue weighted by atomic mass is 16.2. The second-order valence-electron chi connectivity index (χ2n) is 4.14. The highest BCUT2D eigenvalue weighted by Crippen LogP contribution is 2.17.